The van der Waals surface area contributed by atoms with E-state index in [0.717, 1.165) is 15.8 Å². The molecular formula is C7H11BF3KSSi. The summed E-state index contributed by atoms with van der Waals surface area (Å²) >= 11 is 0.911. The van der Waals surface area contributed by atoms with Crippen LogP contribution < -0.4 is 60.7 Å². The maximum Gasteiger partial charge on any atom is 1.00 e. The van der Waals surface area contributed by atoms with Crippen LogP contribution in [0.25, 0.3) is 0 Å². The van der Waals surface area contributed by atoms with Gasteiger partial charge in [-0.2, -0.15) is 11.3 Å². The normalized spacial score (nSPS) is 12.4. The first kappa shape index (κ1) is 15.4. The topological polar surface area (TPSA) is 0 Å². The van der Waals surface area contributed by atoms with Crippen LogP contribution in [0.1, 0.15) is 0 Å². The fourth-order valence-electron chi connectivity index (χ4n) is 0.932. The standard InChI is InChI=1S/C7H11BF3SSi.K/c1-13(2,3)7-5-4-6(12-7)8(9,10)11;/h4-5H,1-3H3;/q-1;+1. The second-order valence-corrected chi connectivity index (χ2v) is 10.5. The van der Waals surface area contributed by atoms with Crippen molar-refractivity contribution in [2.75, 3.05) is 0 Å². The van der Waals surface area contributed by atoms with Crippen molar-refractivity contribution in [1.29, 1.82) is 0 Å². The van der Waals surface area contributed by atoms with E-state index in [2.05, 4.69) is 0 Å². The van der Waals surface area contributed by atoms with E-state index in [1.165, 1.54) is 6.07 Å². The van der Waals surface area contributed by atoms with Crippen LogP contribution in [-0.2, 0) is 0 Å². The molecule has 0 aliphatic carbocycles. The molecule has 0 aliphatic heterocycles. The molecule has 0 fully saturated rings. The van der Waals surface area contributed by atoms with Gasteiger partial charge in [0.05, 0.1) is 8.07 Å². The summed E-state index contributed by atoms with van der Waals surface area (Å²) in [7, 11) is -1.56. The van der Waals surface area contributed by atoms with Gasteiger partial charge in [0, 0.05) is 0 Å². The van der Waals surface area contributed by atoms with Gasteiger partial charge >= 0.3 is 58.4 Å². The molecule has 0 saturated carbocycles. The van der Waals surface area contributed by atoms with E-state index in [1.54, 1.807) is 6.07 Å². The van der Waals surface area contributed by atoms with Gasteiger partial charge in [0.25, 0.3) is 0 Å². The van der Waals surface area contributed by atoms with Gasteiger partial charge in [0.1, 0.15) is 0 Å². The summed E-state index contributed by atoms with van der Waals surface area (Å²) in [4.78, 5) is 0. The monoisotopic (exact) mass is 262 g/mol. The zero-order valence-electron chi connectivity index (χ0n) is 8.77. The SMILES string of the molecule is C[Si](C)(C)c1ccc([B-](F)(F)F)s1.[K+]. The molecular weight excluding hydrogens is 251 g/mol. The largest absolute Gasteiger partial charge is 1.00 e. The molecule has 0 aromatic carbocycles. The average molecular weight is 262 g/mol. The molecule has 0 unspecified atom stereocenters. The Morgan fingerprint density at radius 1 is 1.14 bits per heavy atom. The van der Waals surface area contributed by atoms with Crippen molar-refractivity contribution in [3.8, 4) is 0 Å². The van der Waals surface area contributed by atoms with Crippen molar-refractivity contribution in [3.05, 3.63) is 12.1 Å². The number of hydrogen-bond donors (Lipinski definition) is 0. The Morgan fingerprint density at radius 2 is 1.64 bits per heavy atom. The second-order valence-electron chi connectivity index (χ2n) is 4.03. The van der Waals surface area contributed by atoms with Crippen molar-refractivity contribution in [2.24, 2.45) is 0 Å². The van der Waals surface area contributed by atoms with Gasteiger partial charge in [-0.05, 0) is 4.50 Å². The molecule has 0 saturated heterocycles. The Bertz CT molecular complexity index is 276. The first-order chi connectivity index (χ1) is 5.71. The fraction of sp³-hybridized carbons (Fsp3) is 0.429. The molecule has 0 radical (unpaired) electrons. The second kappa shape index (κ2) is 5.16. The Hall–Kier alpha value is 1.41. The third-order valence-corrected chi connectivity index (χ3v) is 6.47. The summed E-state index contributed by atoms with van der Waals surface area (Å²) < 4.78 is 37.3. The van der Waals surface area contributed by atoms with Crippen molar-refractivity contribution in [1.82, 2.24) is 0 Å². The van der Waals surface area contributed by atoms with E-state index in [1.807, 2.05) is 19.6 Å². The van der Waals surface area contributed by atoms with E-state index >= 15 is 0 Å². The average Bonchev–Trinajstić information content (AvgIpc) is 2.28. The Morgan fingerprint density at radius 3 is 1.86 bits per heavy atom. The number of hydrogen-bond acceptors (Lipinski definition) is 1. The van der Waals surface area contributed by atoms with Crippen LogP contribution in [0.5, 0.6) is 0 Å². The van der Waals surface area contributed by atoms with Crippen molar-refractivity contribution in [2.45, 2.75) is 19.6 Å². The molecule has 0 N–H and O–H groups in total. The molecule has 1 aromatic heterocycles. The van der Waals surface area contributed by atoms with E-state index in [0.29, 0.717) is 0 Å². The van der Waals surface area contributed by atoms with Gasteiger partial charge in [-0.1, -0.05) is 36.6 Å². The summed E-state index contributed by atoms with van der Waals surface area (Å²) in [6, 6.07) is 2.83. The number of thiophene rings is 1. The fourth-order valence-corrected chi connectivity index (χ4v) is 3.75. The van der Waals surface area contributed by atoms with Crippen molar-refractivity contribution < 1.29 is 64.3 Å². The van der Waals surface area contributed by atoms with Gasteiger partial charge in [-0.25, -0.2) is 0 Å². The Labute approximate surface area is 130 Å². The molecule has 0 aliphatic rings. The molecule has 1 aromatic rings. The van der Waals surface area contributed by atoms with Crippen LogP contribution in [0, 0.1) is 0 Å². The molecule has 0 atom stereocenters. The molecule has 1 heterocycles. The minimum Gasteiger partial charge on any atom is -0.444 e. The first-order valence-electron chi connectivity index (χ1n) is 4.01. The zero-order valence-corrected chi connectivity index (χ0v) is 13.7. The maximum absolute atomic E-state index is 12.3. The summed E-state index contributed by atoms with van der Waals surface area (Å²) in [5.41, 5.74) is 0. The molecule has 1 rings (SSSR count). The van der Waals surface area contributed by atoms with Crippen molar-refractivity contribution in [3.63, 3.8) is 0 Å². The van der Waals surface area contributed by atoms with E-state index < -0.39 is 19.8 Å². The van der Waals surface area contributed by atoms with Crippen LogP contribution in [0.15, 0.2) is 12.1 Å². The molecule has 14 heavy (non-hydrogen) atoms. The van der Waals surface area contributed by atoms with Crippen LogP contribution in [0.3, 0.4) is 0 Å². The van der Waals surface area contributed by atoms with Gasteiger partial charge in [-0.3, -0.25) is 0 Å². The zero-order chi connectivity index (χ0) is 10.3. The molecule has 0 spiro atoms. The molecule has 0 bridgehead atoms. The first-order valence-corrected chi connectivity index (χ1v) is 8.33. The van der Waals surface area contributed by atoms with E-state index in [4.69, 9.17) is 0 Å². The van der Waals surface area contributed by atoms with Crippen LogP contribution in [0.2, 0.25) is 19.6 Å². The summed E-state index contributed by atoms with van der Waals surface area (Å²) in [6.45, 7) is 1.35. The Balaban J connectivity index is 0.00000169. The van der Waals surface area contributed by atoms with Crippen LogP contribution in [-0.4, -0.2) is 15.1 Å². The maximum atomic E-state index is 12.3. The summed E-state index contributed by atoms with van der Waals surface area (Å²) in [5.74, 6) is 0. The number of rotatable bonds is 2. The third-order valence-electron chi connectivity index (χ3n) is 1.69. The molecule has 74 valence electrons. The molecule has 7 heteroatoms. The Kier molecular flexibility index (Phi) is 5.68. The quantitative estimate of drug-likeness (QED) is 0.622. The van der Waals surface area contributed by atoms with Crippen LogP contribution in [0.4, 0.5) is 12.9 Å². The van der Waals surface area contributed by atoms with Crippen LogP contribution >= 0.6 is 11.3 Å². The van der Waals surface area contributed by atoms with E-state index in [9.17, 15) is 12.9 Å². The smallest absolute Gasteiger partial charge is 0.444 e. The van der Waals surface area contributed by atoms with E-state index in [-0.39, 0.29) is 51.4 Å². The minimum absolute atomic E-state index is 0. The minimum atomic E-state index is -4.80. The predicted octanol–water partition coefficient (Wildman–Crippen LogP) is -0.648. The van der Waals surface area contributed by atoms with Gasteiger partial charge < -0.3 is 12.9 Å². The van der Waals surface area contributed by atoms with Gasteiger partial charge in [0.2, 0.25) is 0 Å². The van der Waals surface area contributed by atoms with Gasteiger partial charge in [-0.15, -0.1) is 0 Å². The van der Waals surface area contributed by atoms with Gasteiger partial charge in [0.15, 0.2) is 0 Å². The molecule has 0 nitrogen and oxygen atoms in total. The van der Waals surface area contributed by atoms with Crippen molar-refractivity contribution >= 4 is 35.7 Å². The summed E-state index contributed by atoms with van der Waals surface area (Å²) in [5, 5.41) is 0. The third kappa shape index (κ3) is 4.11. The number of halogens is 3. The predicted molar refractivity (Wildman–Crippen MR) is 56.0 cm³/mol. The summed E-state index contributed by atoms with van der Waals surface area (Å²) in [6.07, 6.45) is 0. The molecule has 0 amide bonds.